The first-order valence-corrected chi connectivity index (χ1v) is 9.30. The first kappa shape index (κ1) is 17.0. The lowest BCUT2D eigenvalue weighted by atomic mass is 10.2. The Morgan fingerprint density at radius 1 is 1.15 bits per heavy atom. The van der Waals surface area contributed by atoms with Gasteiger partial charge in [-0.3, -0.25) is 9.69 Å². The molecule has 2 aliphatic heterocycles. The van der Waals surface area contributed by atoms with Crippen LogP contribution in [0.1, 0.15) is 0 Å². The predicted octanol–water partition coefficient (Wildman–Crippen LogP) is 2.42. The molecule has 1 unspecified atom stereocenters. The van der Waals surface area contributed by atoms with Crippen molar-refractivity contribution in [2.75, 3.05) is 37.7 Å². The molecule has 0 radical (unpaired) electrons. The van der Waals surface area contributed by atoms with Crippen LogP contribution in [0.25, 0.3) is 0 Å². The fraction of sp³-hybridized carbons (Fsp3) is 0.333. The molecule has 2 aliphatic rings. The van der Waals surface area contributed by atoms with Crippen molar-refractivity contribution in [1.82, 2.24) is 9.80 Å². The number of ether oxygens (including phenoxy) is 1. The number of halogens is 1. The Morgan fingerprint density at radius 3 is 2.69 bits per heavy atom. The highest BCUT2D eigenvalue weighted by Gasteiger charge is 2.48. The number of carbonyl (C=O) groups is 2. The smallest absolute Gasteiger partial charge is 0.332 e. The maximum absolute atomic E-state index is 12.9. The van der Waals surface area contributed by atoms with Crippen LogP contribution in [0.15, 0.2) is 41.8 Å². The van der Waals surface area contributed by atoms with Gasteiger partial charge in [-0.25, -0.2) is 14.1 Å². The van der Waals surface area contributed by atoms with Gasteiger partial charge < -0.3 is 9.64 Å². The van der Waals surface area contributed by atoms with Crippen LogP contribution in [0.3, 0.4) is 0 Å². The van der Waals surface area contributed by atoms with Crippen molar-refractivity contribution in [2.24, 2.45) is 0 Å². The molecule has 136 valence electrons. The molecule has 26 heavy (non-hydrogen) atoms. The summed E-state index contributed by atoms with van der Waals surface area (Å²) in [6.07, 6.45) is 0. The Labute approximate surface area is 154 Å². The number of nitrogens with zero attached hydrogens (tertiary/aromatic N) is 3. The highest BCUT2D eigenvalue weighted by atomic mass is 32.1. The van der Waals surface area contributed by atoms with Crippen LogP contribution < -0.4 is 9.64 Å². The minimum atomic E-state index is -0.441. The molecule has 3 heterocycles. The van der Waals surface area contributed by atoms with E-state index in [1.807, 2.05) is 11.4 Å². The van der Waals surface area contributed by atoms with Crippen molar-refractivity contribution in [3.05, 3.63) is 47.6 Å². The average Bonchev–Trinajstić information content (AvgIpc) is 3.24. The topological polar surface area (TPSA) is 53.1 Å². The van der Waals surface area contributed by atoms with Gasteiger partial charge in [-0.15, -0.1) is 11.3 Å². The molecule has 0 spiro atoms. The van der Waals surface area contributed by atoms with E-state index in [-0.39, 0.29) is 17.8 Å². The number of benzene rings is 1. The lowest BCUT2D eigenvalue weighted by Gasteiger charge is -2.35. The highest BCUT2D eigenvalue weighted by molar-refractivity contribution is 7.14. The van der Waals surface area contributed by atoms with Gasteiger partial charge >= 0.3 is 6.03 Å². The molecule has 2 fully saturated rings. The van der Waals surface area contributed by atoms with Crippen molar-refractivity contribution in [1.29, 1.82) is 0 Å². The van der Waals surface area contributed by atoms with Crippen molar-refractivity contribution in [3.8, 4) is 5.75 Å². The molecule has 2 aromatic rings. The first-order chi connectivity index (χ1) is 12.6. The average molecular weight is 375 g/mol. The molecule has 8 heteroatoms. The second-order valence-electron chi connectivity index (χ2n) is 6.22. The molecule has 6 nitrogen and oxygen atoms in total. The van der Waals surface area contributed by atoms with Crippen molar-refractivity contribution in [3.63, 3.8) is 0 Å². The van der Waals surface area contributed by atoms with Gasteiger partial charge in [-0.1, -0.05) is 0 Å². The largest absolute Gasteiger partial charge is 0.492 e. The van der Waals surface area contributed by atoms with Gasteiger partial charge in [0.2, 0.25) is 0 Å². The van der Waals surface area contributed by atoms with Gasteiger partial charge in [-0.2, -0.15) is 0 Å². The molecular weight excluding hydrogens is 357 g/mol. The maximum Gasteiger partial charge on any atom is 0.332 e. The van der Waals surface area contributed by atoms with Gasteiger partial charge in [0, 0.05) is 26.2 Å². The SMILES string of the molecule is O=C1C2CN(CCOc3ccc(F)cc3)CCN2C(=O)N1c1cccs1. The van der Waals surface area contributed by atoms with E-state index in [0.29, 0.717) is 43.5 Å². The second kappa shape index (κ2) is 7.05. The normalized spacial score (nSPS) is 20.6. The third kappa shape index (κ3) is 3.17. The van der Waals surface area contributed by atoms with Crippen molar-refractivity contribution >= 4 is 28.3 Å². The molecule has 0 bridgehead atoms. The number of amides is 3. The van der Waals surface area contributed by atoms with E-state index >= 15 is 0 Å². The lowest BCUT2D eigenvalue weighted by molar-refractivity contribution is -0.121. The molecule has 0 N–H and O–H groups in total. The summed E-state index contributed by atoms with van der Waals surface area (Å²) in [6.45, 7) is 2.80. The number of anilines is 1. The fourth-order valence-corrected chi connectivity index (χ4v) is 4.01. The van der Waals surface area contributed by atoms with Gasteiger partial charge in [0.15, 0.2) is 0 Å². The Kier molecular flexibility index (Phi) is 4.60. The zero-order valence-corrected chi connectivity index (χ0v) is 14.8. The summed E-state index contributed by atoms with van der Waals surface area (Å²) in [5, 5.41) is 2.52. The third-order valence-corrected chi connectivity index (χ3v) is 5.48. The van der Waals surface area contributed by atoms with Crippen LogP contribution in [0.4, 0.5) is 14.2 Å². The van der Waals surface area contributed by atoms with E-state index in [0.717, 1.165) is 0 Å². The predicted molar refractivity (Wildman–Crippen MR) is 96.0 cm³/mol. The molecule has 0 aliphatic carbocycles. The summed E-state index contributed by atoms with van der Waals surface area (Å²) >= 11 is 1.38. The van der Waals surface area contributed by atoms with Gasteiger partial charge in [0.25, 0.3) is 5.91 Å². The van der Waals surface area contributed by atoms with Crippen molar-refractivity contribution in [2.45, 2.75) is 6.04 Å². The molecule has 1 aromatic heterocycles. The summed E-state index contributed by atoms with van der Waals surface area (Å²) in [7, 11) is 0. The van der Waals surface area contributed by atoms with Crippen molar-refractivity contribution < 1.29 is 18.7 Å². The standard InChI is InChI=1S/C18H18FN3O3S/c19-13-3-5-14(6-4-13)25-10-9-20-7-8-21-15(12-20)17(23)22(18(21)24)16-2-1-11-26-16/h1-6,11,15H,7-10,12H2. The van der Waals surface area contributed by atoms with E-state index < -0.39 is 6.04 Å². The summed E-state index contributed by atoms with van der Waals surface area (Å²) in [6, 6.07) is 8.83. The number of hydrogen-bond acceptors (Lipinski definition) is 5. The summed E-state index contributed by atoms with van der Waals surface area (Å²) in [5.74, 6) is 0.149. The van der Waals surface area contributed by atoms with E-state index in [9.17, 15) is 14.0 Å². The van der Waals surface area contributed by atoms with Gasteiger partial charge in [-0.05, 0) is 41.8 Å². The number of thiophene rings is 1. The Hall–Kier alpha value is -2.45. The van der Waals surface area contributed by atoms with E-state index in [1.165, 1.54) is 28.4 Å². The molecule has 4 rings (SSSR count). The number of hydrogen-bond donors (Lipinski definition) is 0. The number of imide groups is 1. The lowest BCUT2D eigenvalue weighted by Crippen LogP contribution is -2.53. The van der Waals surface area contributed by atoms with Crippen LogP contribution in [0, 0.1) is 5.82 Å². The summed E-state index contributed by atoms with van der Waals surface area (Å²) in [5.41, 5.74) is 0. The van der Waals surface area contributed by atoms with Crippen LogP contribution in [0.5, 0.6) is 5.75 Å². The third-order valence-electron chi connectivity index (χ3n) is 4.62. The van der Waals surface area contributed by atoms with E-state index in [2.05, 4.69) is 4.90 Å². The van der Waals surface area contributed by atoms with Crippen LogP contribution in [0.2, 0.25) is 0 Å². The minimum Gasteiger partial charge on any atom is -0.492 e. The van der Waals surface area contributed by atoms with E-state index in [1.54, 1.807) is 23.1 Å². The number of urea groups is 1. The Morgan fingerprint density at radius 2 is 1.96 bits per heavy atom. The van der Waals surface area contributed by atoms with Crippen LogP contribution in [-0.2, 0) is 4.79 Å². The van der Waals surface area contributed by atoms with E-state index in [4.69, 9.17) is 4.74 Å². The molecular formula is C18H18FN3O3S. The zero-order valence-electron chi connectivity index (χ0n) is 14.0. The fourth-order valence-electron chi connectivity index (χ4n) is 3.28. The van der Waals surface area contributed by atoms with Gasteiger partial charge in [0.05, 0.1) is 0 Å². The Balaban J connectivity index is 1.34. The molecule has 0 saturated carbocycles. The molecule has 2 saturated heterocycles. The first-order valence-electron chi connectivity index (χ1n) is 8.42. The number of rotatable bonds is 5. The maximum atomic E-state index is 12.9. The number of carbonyl (C=O) groups excluding carboxylic acids is 2. The molecule has 1 atom stereocenters. The zero-order chi connectivity index (χ0) is 18.1. The number of fused-ring (bicyclic) bond motifs is 1. The summed E-state index contributed by atoms with van der Waals surface area (Å²) in [4.78, 5) is 30.3. The Bertz CT molecular complexity index is 797. The highest BCUT2D eigenvalue weighted by Crippen LogP contribution is 2.30. The minimum absolute atomic E-state index is 0.165. The quantitative estimate of drug-likeness (QED) is 0.754. The molecule has 3 amide bonds. The number of piperazine rings is 1. The van der Waals surface area contributed by atoms with Gasteiger partial charge in [0.1, 0.15) is 29.2 Å². The van der Waals surface area contributed by atoms with Crippen LogP contribution >= 0.6 is 11.3 Å². The van der Waals surface area contributed by atoms with Crippen LogP contribution in [-0.4, -0.2) is 60.6 Å². The summed E-state index contributed by atoms with van der Waals surface area (Å²) < 4.78 is 18.5. The second-order valence-corrected chi connectivity index (χ2v) is 7.15. The molecule has 1 aromatic carbocycles. The monoisotopic (exact) mass is 375 g/mol.